The number of nitrogens with one attached hydrogen (secondary N) is 6. The van der Waals surface area contributed by atoms with E-state index in [0.717, 1.165) is 4.90 Å². The molecule has 0 bridgehead atoms. The van der Waals surface area contributed by atoms with Crippen molar-refractivity contribution >= 4 is 74.7 Å². The first-order valence-corrected chi connectivity index (χ1v) is 24.6. The van der Waals surface area contributed by atoms with Crippen molar-refractivity contribution in [2.24, 2.45) is 35.0 Å². The number of primary amides is 3. The number of carbonyl (C=O) groups excluding carboxylic acids is 11. The number of nitrogens with zero attached hydrogens (tertiary/aromatic N) is 1. The van der Waals surface area contributed by atoms with Gasteiger partial charge in [-0.25, -0.2) is 8.42 Å². The number of nitrogens with two attached hydrogens (primary N) is 3. The minimum Gasteiger partial charge on any atom is -0.508 e. The van der Waals surface area contributed by atoms with Gasteiger partial charge in [-0.2, -0.15) is 0 Å². The van der Waals surface area contributed by atoms with E-state index >= 15 is 0 Å². The van der Waals surface area contributed by atoms with E-state index in [1.54, 1.807) is 27.7 Å². The minimum absolute atomic E-state index is 0.0630. The molecular weight excluding hydrogens is 925 g/mol. The number of likely N-dealkylation sites (tertiary alicyclic amines) is 1. The Labute approximate surface area is 400 Å². The standard InChI is InChI=1S/C44H66N10O14S/c1-5-24(4)37-43(65)49-29(10-11-34(45)57)40(62)51-32(21-35(46)58)41(63)50-30(44(66)54-15-12-33(54)42(64)52-31(18-23(2)3)39(61)48-22-36(47)59)14-17-69(67,68)16-13-28(56)20-26(38(60)53-37)19-25-6-8-27(55)9-7-25/h6-9,23-24,26,29-33,37,55H,5,10-22H2,1-4H3,(H2,45,57)(H2,46,58)(H2,47,59)(H,48,61)(H,49,65)(H,50,63)(H,51,62)(H,52,64)(H,53,60)/t24-,26+,29-,30-,31-,32-,33-,37-/m0/s1. The lowest BCUT2D eigenvalue weighted by atomic mass is 9.91. The van der Waals surface area contributed by atoms with Gasteiger partial charge in [-0.1, -0.05) is 46.2 Å². The molecule has 3 rings (SSSR count). The summed E-state index contributed by atoms with van der Waals surface area (Å²) in [5, 5.41) is 24.6. The molecule has 24 nitrogen and oxygen atoms in total. The molecule has 10 amide bonds. The first-order valence-electron chi connectivity index (χ1n) is 22.8. The van der Waals surface area contributed by atoms with Crippen LogP contribution >= 0.6 is 0 Å². The Balaban J connectivity index is 2.07. The van der Waals surface area contributed by atoms with Gasteiger partial charge in [0, 0.05) is 31.7 Å². The summed E-state index contributed by atoms with van der Waals surface area (Å²) < 4.78 is 27.1. The fourth-order valence-electron chi connectivity index (χ4n) is 7.61. The van der Waals surface area contributed by atoms with E-state index in [4.69, 9.17) is 17.2 Å². The van der Waals surface area contributed by atoms with Crippen LogP contribution in [-0.2, 0) is 69.0 Å². The van der Waals surface area contributed by atoms with Crippen LogP contribution in [0.25, 0.3) is 0 Å². The third-order valence-corrected chi connectivity index (χ3v) is 13.5. The number of carbonyl (C=O) groups is 11. The molecule has 8 atom stereocenters. The van der Waals surface area contributed by atoms with Gasteiger partial charge in [0.1, 0.15) is 47.8 Å². The van der Waals surface area contributed by atoms with Crippen LogP contribution in [0, 0.1) is 17.8 Å². The molecule has 0 saturated carbocycles. The van der Waals surface area contributed by atoms with E-state index in [9.17, 15) is 66.3 Å². The van der Waals surface area contributed by atoms with Crippen molar-refractivity contribution in [1.82, 2.24) is 36.8 Å². The zero-order valence-corrected chi connectivity index (χ0v) is 40.1. The maximum Gasteiger partial charge on any atom is 0.245 e. The van der Waals surface area contributed by atoms with Crippen LogP contribution < -0.4 is 49.1 Å². The highest BCUT2D eigenvalue weighted by atomic mass is 32.2. The predicted molar refractivity (Wildman–Crippen MR) is 246 cm³/mol. The van der Waals surface area contributed by atoms with Gasteiger partial charge in [0.15, 0.2) is 9.84 Å². The van der Waals surface area contributed by atoms with Crippen LogP contribution in [0.15, 0.2) is 24.3 Å². The summed E-state index contributed by atoms with van der Waals surface area (Å²) >= 11 is 0. The average molecular weight is 991 g/mol. The van der Waals surface area contributed by atoms with Crippen molar-refractivity contribution in [3.05, 3.63) is 29.8 Å². The molecule has 0 unspecified atom stereocenters. The second kappa shape index (κ2) is 26.2. The smallest absolute Gasteiger partial charge is 0.245 e. The second-order valence-corrected chi connectivity index (χ2v) is 20.2. The van der Waals surface area contributed by atoms with E-state index in [-0.39, 0.29) is 37.5 Å². The van der Waals surface area contributed by atoms with Crippen LogP contribution in [0.1, 0.15) is 91.0 Å². The first-order chi connectivity index (χ1) is 32.3. The topological polar surface area (TPSA) is 396 Å². The monoisotopic (exact) mass is 990 g/mol. The van der Waals surface area contributed by atoms with Crippen LogP contribution in [0.5, 0.6) is 5.75 Å². The number of benzene rings is 1. The van der Waals surface area contributed by atoms with Gasteiger partial charge in [0.25, 0.3) is 0 Å². The molecule has 0 aromatic heterocycles. The number of hydrogen-bond donors (Lipinski definition) is 10. The zero-order valence-electron chi connectivity index (χ0n) is 39.2. The fourth-order valence-corrected chi connectivity index (χ4v) is 8.95. The summed E-state index contributed by atoms with van der Waals surface area (Å²) in [7, 11) is -4.23. The lowest BCUT2D eigenvalue weighted by molar-refractivity contribution is -0.150. The quantitative estimate of drug-likeness (QED) is 0.0727. The Kier molecular flexibility index (Phi) is 21.5. The molecule has 382 valence electrons. The number of amides is 10. The van der Waals surface area contributed by atoms with E-state index in [1.165, 1.54) is 24.3 Å². The molecule has 2 fully saturated rings. The molecule has 2 aliphatic rings. The molecule has 1 aromatic carbocycles. The molecule has 25 heteroatoms. The Hall–Kier alpha value is -6.66. The predicted octanol–water partition coefficient (Wildman–Crippen LogP) is -3.42. The van der Waals surface area contributed by atoms with Crippen molar-refractivity contribution in [3.8, 4) is 5.75 Å². The normalized spacial score (nSPS) is 23.9. The number of aromatic hydroxyl groups is 1. The first kappa shape index (κ1) is 56.7. The molecule has 2 heterocycles. The fraction of sp³-hybridized carbons (Fsp3) is 0.614. The third-order valence-electron chi connectivity index (χ3n) is 11.8. The summed E-state index contributed by atoms with van der Waals surface area (Å²) in [5.41, 5.74) is 16.5. The Morgan fingerprint density at radius 3 is 2.01 bits per heavy atom. The Morgan fingerprint density at radius 2 is 1.45 bits per heavy atom. The number of rotatable bonds is 17. The van der Waals surface area contributed by atoms with Crippen molar-refractivity contribution in [2.75, 3.05) is 24.6 Å². The molecule has 69 heavy (non-hydrogen) atoms. The Morgan fingerprint density at radius 1 is 0.812 bits per heavy atom. The maximum atomic E-state index is 14.3. The largest absolute Gasteiger partial charge is 0.508 e. The number of ketones is 1. The number of phenolic OH excluding ortho intramolecular Hbond substituents is 1. The van der Waals surface area contributed by atoms with E-state index in [2.05, 4.69) is 31.9 Å². The van der Waals surface area contributed by atoms with Crippen LogP contribution in [0.2, 0.25) is 0 Å². The molecule has 13 N–H and O–H groups in total. The molecule has 0 aliphatic carbocycles. The molecule has 0 spiro atoms. The van der Waals surface area contributed by atoms with E-state index < -0.39 is 179 Å². The van der Waals surface area contributed by atoms with Crippen molar-refractivity contribution in [2.45, 2.75) is 128 Å². The highest BCUT2D eigenvalue weighted by Gasteiger charge is 2.43. The summed E-state index contributed by atoms with van der Waals surface area (Å²) in [5.74, 6) is -13.5. The van der Waals surface area contributed by atoms with Gasteiger partial charge in [0.05, 0.1) is 24.5 Å². The number of phenols is 1. The number of hydrogen-bond acceptors (Lipinski definition) is 14. The second-order valence-electron chi connectivity index (χ2n) is 17.9. The van der Waals surface area contributed by atoms with Crippen LogP contribution in [-0.4, -0.2) is 144 Å². The van der Waals surface area contributed by atoms with E-state index in [0.29, 0.717) is 12.0 Å². The van der Waals surface area contributed by atoms with Gasteiger partial charge < -0.3 is 59.1 Å². The molecule has 1 aromatic rings. The highest BCUT2D eigenvalue weighted by Crippen LogP contribution is 2.23. The van der Waals surface area contributed by atoms with Crippen molar-refractivity contribution in [3.63, 3.8) is 0 Å². The number of sulfone groups is 1. The van der Waals surface area contributed by atoms with Gasteiger partial charge >= 0.3 is 0 Å². The van der Waals surface area contributed by atoms with Gasteiger partial charge in [0.2, 0.25) is 59.1 Å². The summed E-state index contributed by atoms with van der Waals surface area (Å²) in [6.45, 7) is 6.33. The highest BCUT2D eigenvalue weighted by molar-refractivity contribution is 7.91. The molecule has 2 aliphatic heterocycles. The average Bonchev–Trinajstić information content (AvgIpc) is 3.25. The molecule has 2 saturated heterocycles. The third kappa shape index (κ3) is 18.4. The van der Waals surface area contributed by atoms with Gasteiger partial charge in [-0.15, -0.1) is 0 Å². The molecule has 0 radical (unpaired) electrons. The lowest BCUT2D eigenvalue weighted by Gasteiger charge is -2.42. The maximum absolute atomic E-state index is 14.3. The summed E-state index contributed by atoms with van der Waals surface area (Å²) in [6, 6.07) is -3.19. The van der Waals surface area contributed by atoms with Crippen molar-refractivity contribution in [1.29, 1.82) is 0 Å². The zero-order chi connectivity index (χ0) is 51.7. The minimum atomic E-state index is -4.23. The Bertz CT molecular complexity index is 2210. The van der Waals surface area contributed by atoms with Crippen LogP contribution in [0.4, 0.5) is 0 Å². The summed E-state index contributed by atoms with van der Waals surface area (Å²) in [4.78, 5) is 147. The van der Waals surface area contributed by atoms with Crippen LogP contribution in [0.3, 0.4) is 0 Å². The van der Waals surface area contributed by atoms with E-state index in [1.807, 2.05) is 0 Å². The number of Topliss-reactive ketones (excluding diaryl/α,β-unsaturated/α-hetero) is 1. The lowest BCUT2D eigenvalue weighted by Crippen LogP contribution is -2.65. The SMILES string of the molecule is CC[C@H](C)[C@@H]1NC(=O)[C@H](Cc2ccc(O)cc2)CC(=O)CCS(=O)(=O)CC[C@@H](C(=O)N2CC[C@H]2C(=O)N[C@@H](CC(C)C)C(=O)NCC(N)=O)NC(=O)[C@H](CC(N)=O)NC(=O)[C@H](CCC(N)=O)NC1=O. The van der Waals surface area contributed by atoms with Gasteiger partial charge in [-0.05, 0) is 61.6 Å². The van der Waals surface area contributed by atoms with Crippen molar-refractivity contribution < 1.29 is 66.3 Å². The molecular formula is C44H66N10O14S. The summed E-state index contributed by atoms with van der Waals surface area (Å²) in [6.07, 6.45) is -3.04. The van der Waals surface area contributed by atoms with Gasteiger partial charge in [-0.3, -0.25) is 52.7 Å².